The van der Waals surface area contributed by atoms with Gasteiger partial charge in [-0.05, 0) is 43.5 Å². The molecule has 1 nitrogen and oxygen atoms in total. The molecule has 0 fully saturated rings. The van der Waals surface area contributed by atoms with Crippen molar-refractivity contribution >= 4 is 0 Å². The second-order valence-corrected chi connectivity index (χ2v) is 5.00. The molecular weight excluding hydrogens is 232 g/mol. The largest absolute Gasteiger partial charge is 0.316 e. The highest BCUT2D eigenvalue weighted by Gasteiger charge is 2.16. The molecule has 0 heterocycles. The van der Waals surface area contributed by atoms with Crippen molar-refractivity contribution in [3.05, 3.63) is 35.4 Å². The molecule has 0 aliphatic heterocycles. The van der Waals surface area contributed by atoms with E-state index < -0.39 is 11.6 Å². The van der Waals surface area contributed by atoms with Gasteiger partial charge in [0.05, 0.1) is 0 Å². The van der Waals surface area contributed by atoms with Crippen molar-refractivity contribution in [3.63, 3.8) is 0 Å². The van der Waals surface area contributed by atoms with Crippen molar-refractivity contribution in [3.8, 4) is 0 Å². The Morgan fingerprint density at radius 2 is 1.78 bits per heavy atom. The van der Waals surface area contributed by atoms with Crippen LogP contribution >= 0.6 is 0 Å². The number of halogens is 2. The molecule has 0 saturated heterocycles. The molecule has 18 heavy (non-hydrogen) atoms. The van der Waals surface area contributed by atoms with Crippen LogP contribution in [0.25, 0.3) is 0 Å². The van der Waals surface area contributed by atoms with Crippen LogP contribution in [0.5, 0.6) is 0 Å². The van der Waals surface area contributed by atoms with E-state index in [1.165, 1.54) is 25.0 Å². The van der Waals surface area contributed by atoms with Crippen LogP contribution in [0.3, 0.4) is 0 Å². The summed E-state index contributed by atoms with van der Waals surface area (Å²) in [4.78, 5) is 0. The minimum atomic E-state index is -0.499. The van der Waals surface area contributed by atoms with E-state index >= 15 is 0 Å². The fraction of sp³-hybridized carbons (Fsp3) is 0.600. The van der Waals surface area contributed by atoms with E-state index in [-0.39, 0.29) is 6.04 Å². The van der Waals surface area contributed by atoms with Gasteiger partial charge in [-0.1, -0.05) is 26.7 Å². The van der Waals surface area contributed by atoms with Crippen molar-refractivity contribution in [2.75, 3.05) is 7.05 Å². The Bertz CT molecular complexity index is 345. The first-order valence-electron chi connectivity index (χ1n) is 6.69. The fourth-order valence-corrected chi connectivity index (χ4v) is 2.30. The standard InChI is InChI=1S/C15H23F2N/c1-4-5-6-11(2)15(18-3)9-12-7-13(16)10-14(17)8-12/h7-8,10-11,15,18H,4-6,9H2,1-3H3. The van der Waals surface area contributed by atoms with E-state index in [0.717, 1.165) is 18.1 Å². The maximum atomic E-state index is 13.1. The molecule has 0 aliphatic rings. The van der Waals surface area contributed by atoms with Gasteiger partial charge < -0.3 is 5.32 Å². The maximum Gasteiger partial charge on any atom is 0.126 e. The Kier molecular flexibility index (Phi) is 6.27. The fourth-order valence-electron chi connectivity index (χ4n) is 2.30. The maximum absolute atomic E-state index is 13.1. The van der Waals surface area contributed by atoms with E-state index in [9.17, 15) is 8.78 Å². The van der Waals surface area contributed by atoms with E-state index in [0.29, 0.717) is 12.3 Å². The van der Waals surface area contributed by atoms with Crippen molar-refractivity contribution in [1.82, 2.24) is 5.32 Å². The first-order valence-corrected chi connectivity index (χ1v) is 6.69. The van der Waals surface area contributed by atoms with Crippen LogP contribution < -0.4 is 5.32 Å². The summed E-state index contributed by atoms with van der Waals surface area (Å²) in [6.45, 7) is 4.36. The lowest BCUT2D eigenvalue weighted by atomic mass is 9.91. The minimum absolute atomic E-state index is 0.262. The minimum Gasteiger partial charge on any atom is -0.316 e. The van der Waals surface area contributed by atoms with E-state index in [2.05, 4.69) is 19.2 Å². The van der Waals surface area contributed by atoms with Gasteiger partial charge in [-0.2, -0.15) is 0 Å². The summed E-state index contributed by atoms with van der Waals surface area (Å²) in [7, 11) is 1.91. The SMILES string of the molecule is CCCCC(C)C(Cc1cc(F)cc(F)c1)NC. The Labute approximate surface area is 109 Å². The molecule has 0 saturated carbocycles. The molecule has 3 heteroatoms. The van der Waals surface area contributed by atoms with Gasteiger partial charge in [-0.25, -0.2) is 8.78 Å². The van der Waals surface area contributed by atoms with Crippen molar-refractivity contribution in [2.24, 2.45) is 5.92 Å². The number of hydrogen-bond acceptors (Lipinski definition) is 1. The van der Waals surface area contributed by atoms with Crippen molar-refractivity contribution < 1.29 is 8.78 Å². The van der Waals surface area contributed by atoms with Crippen LogP contribution in [0.1, 0.15) is 38.7 Å². The van der Waals surface area contributed by atoms with Crippen molar-refractivity contribution in [1.29, 1.82) is 0 Å². The molecule has 0 aromatic heterocycles. The summed E-state index contributed by atoms with van der Waals surface area (Å²) in [5.74, 6) is -0.497. The van der Waals surface area contributed by atoms with Gasteiger partial charge in [0.2, 0.25) is 0 Å². The quantitative estimate of drug-likeness (QED) is 0.778. The molecule has 1 aromatic carbocycles. The molecule has 2 atom stereocenters. The summed E-state index contributed by atoms with van der Waals surface area (Å²) >= 11 is 0. The molecule has 1 N–H and O–H groups in total. The molecular formula is C15H23F2N. The second-order valence-electron chi connectivity index (χ2n) is 5.00. The average Bonchev–Trinajstić information content (AvgIpc) is 2.31. The first kappa shape index (κ1) is 15.1. The molecule has 0 spiro atoms. The van der Waals surface area contributed by atoms with E-state index in [1.54, 1.807) is 0 Å². The number of unbranched alkanes of at least 4 members (excludes halogenated alkanes) is 1. The third-order valence-electron chi connectivity index (χ3n) is 3.45. The molecule has 0 amide bonds. The first-order chi connectivity index (χ1) is 8.56. The van der Waals surface area contributed by atoms with Gasteiger partial charge in [-0.15, -0.1) is 0 Å². The van der Waals surface area contributed by atoms with Gasteiger partial charge in [0, 0.05) is 12.1 Å². The Morgan fingerprint density at radius 1 is 1.17 bits per heavy atom. The summed E-state index contributed by atoms with van der Waals surface area (Å²) < 4.78 is 26.3. The number of nitrogens with one attached hydrogen (secondary N) is 1. The smallest absolute Gasteiger partial charge is 0.126 e. The predicted octanol–water partition coefficient (Wildman–Crippen LogP) is 3.92. The zero-order valence-electron chi connectivity index (χ0n) is 11.5. The zero-order chi connectivity index (χ0) is 13.5. The molecule has 1 aromatic rings. The summed E-state index contributed by atoms with van der Waals surface area (Å²) in [6, 6.07) is 4.01. The third-order valence-corrected chi connectivity index (χ3v) is 3.45. The summed E-state index contributed by atoms with van der Waals surface area (Å²) in [5, 5.41) is 3.25. The number of rotatable bonds is 7. The van der Waals surface area contributed by atoms with Crippen molar-refractivity contribution in [2.45, 2.75) is 45.6 Å². The van der Waals surface area contributed by atoms with Crippen LogP contribution in [0, 0.1) is 17.6 Å². The Morgan fingerprint density at radius 3 is 2.28 bits per heavy atom. The lowest BCUT2D eigenvalue weighted by molar-refractivity contribution is 0.365. The highest BCUT2D eigenvalue weighted by atomic mass is 19.1. The summed E-state index contributed by atoms with van der Waals surface area (Å²) in [6.07, 6.45) is 4.17. The third kappa shape index (κ3) is 4.73. The van der Waals surface area contributed by atoms with Gasteiger partial charge in [0.1, 0.15) is 11.6 Å². The number of likely N-dealkylation sites (N-methyl/N-ethyl adjacent to an activating group) is 1. The predicted molar refractivity (Wildman–Crippen MR) is 71.6 cm³/mol. The second kappa shape index (κ2) is 7.47. The molecule has 0 bridgehead atoms. The molecule has 102 valence electrons. The number of hydrogen-bond donors (Lipinski definition) is 1. The molecule has 0 radical (unpaired) electrons. The van der Waals surface area contributed by atoms with Gasteiger partial charge >= 0.3 is 0 Å². The lowest BCUT2D eigenvalue weighted by Gasteiger charge is -2.23. The number of benzene rings is 1. The van der Waals surface area contributed by atoms with Gasteiger partial charge in [-0.3, -0.25) is 0 Å². The zero-order valence-corrected chi connectivity index (χ0v) is 11.5. The topological polar surface area (TPSA) is 12.0 Å². The van der Waals surface area contributed by atoms with E-state index in [4.69, 9.17) is 0 Å². The highest BCUT2D eigenvalue weighted by molar-refractivity contribution is 5.19. The van der Waals surface area contributed by atoms with E-state index in [1.807, 2.05) is 7.05 Å². The van der Waals surface area contributed by atoms with Crippen LogP contribution in [-0.2, 0) is 6.42 Å². The van der Waals surface area contributed by atoms with Crippen LogP contribution in [0.4, 0.5) is 8.78 Å². The average molecular weight is 255 g/mol. The lowest BCUT2D eigenvalue weighted by Crippen LogP contribution is -2.34. The van der Waals surface area contributed by atoms with Crippen LogP contribution in [0.2, 0.25) is 0 Å². The molecule has 0 aliphatic carbocycles. The Hall–Kier alpha value is -0.960. The van der Waals surface area contributed by atoms with Gasteiger partial charge in [0.15, 0.2) is 0 Å². The van der Waals surface area contributed by atoms with Crippen LogP contribution in [0.15, 0.2) is 18.2 Å². The van der Waals surface area contributed by atoms with Gasteiger partial charge in [0.25, 0.3) is 0 Å². The molecule has 1 rings (SSSR count). The van der Waals surface area contributed by atoms with Crippen LogP contribution in [-0.4, -0.2) is 13.1 Å². The Balaban J connectivity index is 2.66. The normalized spacial score (nSPS) is 14.5. The monoisotopic (exact) mass is 255 g/mol. The summed E-state index contributed by atoms with van der Waals surface area (Å²) in [5.41, 5.74) is 0.718. The highest BCUT2D eigenvalue weighted by Crippen LogP contribution is 2.17. The molecule has 2 unspecified atom stereocenters.